The number of hydrogen-bond donors (Lipinski definition) is 2. The number of benzene rings is 1. The molecule has 1 aliphatic heterocycles. The van der Waals surface area contributed by atoms with Crippen molar-refractivity contribution in [1.82, 2.24) is 5.32 Å². The van der Waals surface area contributed by atoms with E-state index in [0.29, 0.717) is 35.6 Å². The van der Waals surface area contributed by atoms with Gasteiger partial charge in [-0.3, -0.25) is 9.59 Å². The molecule has 0 spiro atoms. The number of carbonyl (C=O) groups is 2. The fourth-order valence-corrected chi connectivity index (χ4v) is 3.75. The maximum absolute atomic E-state index is 12.7. The summed E-state index contributed by atoms with van der Waals surface area (Å²) in [6.45, 7) is 6.21. The first-order valence-corrected chi connectivity index (χ1v) is 8.73. The third kappa shape index (κ3) is 3.07. The third-order valence-electron chi connectivity index (χ3n) is 4.89. The van der Waals surface area contributed by atoms with Crippen molar-refractivity contribution < 1.29 is 24.2 Å². The zero-order valence-corrected chi connectivity index (χ0v) is 15.0. The van der Waals surface area contributed by atoms with Crippen LogP contribution in [0.4, 0.5) is 0 Å². The number of aromatic hydroxyl groups is 1. The maximum atomic E-state index is 12.7. The van der Waals surface area contributed by atoms with Crippen LogP contribution < -0.4 is 10.1 Å². The molecule has 2 unspecified atom stereocenters. The second-order valence-electron chi connectivity index (χ2n) is 6.46. The summed E-state index contributed by atoms with van der Waals surface area (Å²) in [4.78, 5) is 25.2. The number of ketones is 1. The summed E-state index contributed by atoms with van der Waals surface area (Å²) in [7, 11) is 1.32. The lowest BCUT2D eigenvalue weighted by Gasteiger charge is -2.38. The number of Topliss-reactive ketones (excluding diaryl/α,β-unsaturated/α-hetero) is 1. The van der Waals surface area contributed by atoms with Gasteiger partial charge in [0.15, 0.2) is 17.3 Å². The molecular formula is C20H23NO5. The molecule has 0 fully saturated rings. The fourth-order valence-electron chi connectivity index (χ4n) is 3.75. The number of hydrogen-bond acceptors (Lipinski definition) is 6. The molecule has 0 saturated heterocycles. The Kier molecular flexibility index (Phi) is 5.02. The van der Waals surface area contributed by atoms with Gasteiger partial charge in [-0.1, -0.05) is 12.6 Å². The van der Waals surface area contributed by atoms with Crippen molar-refractivity contribution in [1.29, 1.82) is 0 Å². The molecular weight excluding hydrogens is 334 g/mol. The Bertz CT molecular complexity index is 795. The Morgan fingerprint density at radius 2 is 2.15 bits per heavy atom. The minimum absolute atomic E-state index is 0.0159. The molecule has 6 nitrogen and oxygen atoms in total. The Morgan fingerprint density at radius 1 is 1.38 bits per heavy atom. The van der Waals surface area contributed by atoms with Crippen LogP contribution in [0.25, 0.3) is 0 Å². The van der Waals surface area contributed by atoms with Crippen LogP contribution in [0.5, 0.6) is 11.5 Å². The SMILES string of the molecule is C=C1NC2=C(C(=O)CCC2)C(c2ccc(O)c(OCC)c2)C1C(=O)OC. The van der Waals surface area contributed by atoms with Crippen molar-refractivity contribution in [2.75, 3.05) is 13.7 Å². The van der Waals surface area contributed by atoms with Gasteiger partial charge in [0.2, 0.25) is 0 Å². The van der Waals surface area contributed by atoms with Crippen molar-refractivity contribution in [2.45, 2.75) is 32.1 Å². The minimum atomic E-state index is -0.722. The topological polar surface area (TPSA) is 84.9 Å². The van der Waals surface area contributed by atoms with E-state index in [4.69, 9.17) is 9.47 Å². The van der Waals surface area contributed by atoms with Crippen LogP contribution >= 0.6 is 0 Å². The molecule has 26 heavy (non-hydrogen) atoms. The molecule has 1 aromatic rings. The highest BCUT2D eigenvalue weighted by Gasteiger charge is 2.43. The van der Waals surface area contributed by atoms with E-state index in [1.807, 2.05) is 6.92 Å². The summed E-state index contributed by atoms with van der Waals surface area (Å²) in [5, 5.41) is 13.1. The van der Waals surface area contributed by atoms with Crippen LogP contribution in [-0.4, -0.2) is 30.6 Å². The first-order chi connectivity index (χ1) is 12.5. The quantitative estimate of drug-likeness (QED) is 0.806. The maximum Gasteiger partial charge on any atom is 0.315 e. The number of carbonyl (C=O) groups excluding carboxylic acids is 2. The van der Waals surface area contributed by atoms with E-state index in [9.17, 15) is 14.7 Å². The number of esters is 1. The lowest BCUT2D eigenvalue weighted by molar-refractivity contribution is -0.144. The van der Waals surface area contributed by atoms with Crippen molar-refractivity contribution >= 4 is 11.8 Å². The Morgan fingerprint density at radius 3 is 2.85 bits per heavy atom. The smallest absolute Gasteiger partial charge is 0.315 e. The Labute approximate surface area is 152 Å². The highest BCUT2D eigenvalue weighted by molar-refractivity contribution is 6.00. The molecule has 0 radical (unpaired) electrons. The molecule has 3 rings (SSSR count). The van der Waals surface area contributed by atoms with Gasteiger partial charge in [0, 0.05) is 29.3 Å². The standard InChI is InChI=1S/C20H23NO5/c1-4-26-16-10-12(8-9-14(16)22)18-17(20(24)25-3)11(2)21-13-6-5-7-15(23)19(13)18/h8-10,17-18,21-22H,2,4-7H2,1,3H3. The Hall–Kier alpha value is -2.76. The van der Waals surface area contributed by atoms with Gasteiger partial charge >= 0.3 is 5.97 Å². The van der Waals surface area contributed by atoms with Crippen molar-refractivity contribution in [3.63, 3.8) is 0 Å². The van der Waals surface area contributed by atoms with Crippen molar-refractivity contribution in [3.05, 3.63) is 47.3 Å². The zero-order chi connectivity index (χ0) is 18.8. The highest BCUT2D eigenvalue weighted by Crippen LogP contribution is 2.45. The van der Waals surface area contributed by atoms with Crippen LogP contribution in [0.3, 0.4) is 0 Å². The highest BCUT2D eigenvalue weighted by atomic mass is 16.5. The third-order valence-corrected chi connectivity index (χ3v) is 4.89. The Balaban J connectivity index is 2.17. The van der Waals surface area contributed by atoms with Crippen LogP contribution in [0.1, 0.15) is 37.7 Å². The summed E-state index contributed by atoms with van der Waals surface area (Å²) in [5.74, 6) is -1.33. The molecule has 1 aromatic carbocycles. The van der Waals surface area contributed by atoms with Gasteiger partial charge in [-0.2, -0.15) is 0 Å². The van der Waals surface area contributed by atoms with E-state index < -0.39 is 17.8 Å². The van der Waals surface area contributed by atoms with Crippen molar-refractivity contribution in [3.8, 4) is 11.5 Å². The van der Waals surface area contributed by atoms with E-state index in [1.54, 1.807) is 12.1 Å². The first-order valence-electron chi connectivity index (χ1n) is 8.73. The van der Waals surface area contributed by atoms with Crippen LogP contribution in [0.2, 0.25) is 0 Å². The van der Waals surface area contributed by atoms with Gasteiger partial charge in [-0.15, -0.1) is 0 Å². The number of phenols is 1. The van der Waals surface area contributed by atoms with Crippen LogP contribution in [-0.2, 0) is 14.3 Å². The summed E-state index contributed by atoms with van der Waals surface area (Å²) >= 11 is 0. The molecule has 0 amide bonds. The van der Waals surface area contributed by atoms with Gasteiger partial charge < -0.3 is 19.9 Å². The van der Waals surface area contributed by atoms with E-state index >= 15 is 0 Å². The van der Waals surface area contributed by atoms with Crippen molar-refractivity contribution in [2.24, 2.45) is 5.92 Å². The van der Waals surface area contributed by atoms with Gasteiger partial charge in [0.1, 0.15) is 5.92 Å². The molecule has 0 saturated carbocycles. The normalized spacial score (nSPS) is 22.5. The number of rotatable bonds is 4. The number of ether oxygens (including phenoxy) is 2. The predicted octanol–water partition coefficient (Wildman–Crippen LogP) is 2.79. The molecule has 138 valence electrons. The zero-order valence-electron chi connectivity index (χ0n) is 15.0. The second kappa shape index (κ2) is 7.23. The van der Waals surface area contributed by atoms with E-state index in [2.05, 4.69) is 11.9 Å². The lowest BCUT2D eigenvalue weighted by Crippen LogP contribution is -2.40. The molecule has 6 heteroatoms. The lowest BCUT2D eigenvalue weighted by atomic mass is 9.71. The monoisotopic (exact) mass is 357 g/mol. The number of nitrogens with one attached hydrogen (secondary N) is 1. The predicted molar refractivity (Wildman–Crippen MR) is 95.7 cm³/mol. The molecule has 0 aromatic heterocycles. The molecule has 2 N–H and O–H groups in total. The number of phenolic OH excluding ortho intramolecular Hbond substituents is 1. The minimum Gasteiger partial charge on any atom is -0.504 e. The average Bonchev–Trinajstić information content (AvgIpc) is 2.62. The van der Waals surface area contributed by atoms with E-state index in [0.717, 1.165) is 18.5 Å². The number of allylic oxidation sites excluding steroid dienone is 2. The van der Waals surface area contributed by atoms with Gasteiger partial charge in [-0.05, 0) is 37.5 Å². The first kappa shape index (κ1) is 18.0. The summed E-state index contributed by atoms with van der Waals surface area (Å²) < 4.78 is 10.4. The molecule has 2 atom stereocenters. The second-order valence-corrected chi connectivity index (χ2v) is 6.46. The summed E-state index contributed by atoms with van der Waals surface area (Å²) in [5.41, 5.74) is 2.66. The van der Waals surface area contributed by atoms with Gasteiger partial charge in [-0.25, -0.2) is 0 Å². The van der Waals surface area contributed by atoms with E-state index in [1.165, 1.54) is 13.2 Å². The van der Waals surface area contributed by atoms with Gasteiger partial charge in [0.25, 0.3) is 0 Å². The molecule has 0 bridgehead atoms. The summed E-state index contributed by atoms with van der Waals surface area (Å²) in [6, 6.07) is 4.92. The summed E-state index contributed by atoms with van der Waals surface area (Å²) in [6.07, 6.45) is 1.96. The molecule has 1 heterocycles. The molecule has 1 aliphatic carbocycles. The fraction of sp³-hybridized carbons (Fsp3) is 0.400. The molecule has 2 aliphatic rings. The van der Waals surface area contributed by atoms with Gasteiger partial charge in [0.05, 0.1) is 13.7 Å². The van der Waals surface area contributed by atoms with Crippen LogP contribution in [0, 0.1) is 5.92 Å². The van der Waals surface area contributed by atoms with Crippen LogP contribution in [0.15, 0.2) is 41.7 Å². The average molecular weight is 357 g/mol. The van der Waals surface area contributed by atoms with E-state index in [-0.39, 0.29) is 11.5 Å². The largest absolute Gasteiger partial charge is 0.504 e. The number of methoxy groups -OCH3 is 1.